The van der Waals surface area contributed by atoms with Crippen LogP contribution in [0.25, 0.3) is 0 Å². The lowest BCUT2D eigenvalue weighted by Gasteiger charge is -2.23. The third-order valence-corrected chi connectivity index (χ3v) is 3.25. The van der Waals surface area contributed by atoms with Crippen LogP contribution >= 0.6 is 15.9 Å². The summed E-state index contributed by atoms with van der Waals surface area (Å²) in [7, 11) is 1.84. The molecule has 0 heterocycles. The second-order valence-electron chi connectivity index (χ2n) is 5.03. The molecule has 0 aliphatic rings. The molecule has 2 nitrogen and oxygen atoms in total. The Kier molecular flexibility index (Phi) is 5.10. The fourth-order valence-electron chi connectivity index (χ4n) is 1.75. The minimum absolute atomic E-state index is 0.00433. The lowest BCUT2D eigenvalue weighted by molar-refractivity contribution is 0.403. The summed E-state index contributed by atoms with van der Waals surface area (Å²) >= 11 is 3.37. The molecule has 17 heavy (non-hydrogen) atoms. The SMILES string of the molecule is CNC(CCC(C)(C)N)c1cc(Br)ccc1F. The molecular weight excluding hydrogens is 283 g/mol. The third kappa shape index (κ3) is 4.74. The summed E-state index contributed by atoms with van der Waals surface area (Å²) in [6.07, 6.45) is 1.65. The third-order valence-electron chi connectivity index (χ3n) is 2.76. The predicted octanol–water partition coefficient (Wildman–Crippen LogP) is 3.37. The van der Waals surface area contributed by atoms with Gasteiger partial charge in [-0.15, -0.1) is 0 Å². The van der Waals surface area contributed by atoms with E-state index in [1.165, 1.54) is 6.07 Å². The van der Waals surface area contributed by atoms with Crippen molar-refractivity contribution < 1.29 is 4.39 Å². The standard InChI is InChI=1S/C13H20BrFN2/c1-13(2,16)7-6-12(17-3)10-8-9(14)4-5-11(10)15/h4-5,8,12,17H,6-7,16H2,1-3H3. The molecule has 0 fully saturated rings. The maximum absolute atomic E-state index is 13.7. The van der Waals surface area contributed by atoms with Gasteiger partial charge < -0.3 is 11.1 Å². The first kappa shape index (κ1) is 14.6. The zero-order valence-corrected chi connectivity index (χ0v) is 12.1. The van der Waals surface area contributed by atoms with Gasteiger partial charge in [-0.2, -0.15) is 0 Å². The number of nitrogens with one attached hydrogen (secondary N) is 1. The zero-order valence-electron chi connectivity index (χ0n) is 10.6. The fraction of sp³-hybridized carbons (Fsp3) is 0.538. The van der Waals surface area contributed by atoms with Crippen LogP contribution in [-0.2, 0) is 0 Å². The Hall–Kier alpha value is -0.450. The number of benzene rings is 1. The summed E-state index contributed by atoms with van der Waals surface area (Å²) in [5, 5.41) is 3.14. The van der Waals surface area contributed by atoms with Crippen molar-refractivity contribution in [2.45, 2.75) is 38.3 Å². The Balaban J connectivity index is 2.82. The highest BCUT2D eigenvalue weighted by molar-refractivity contribution is 9.10. The topological polar surface area (TPSA) is 38.0 Å². The number of rotatable bonds is 5. The van der Waals surface area contributed by atoms with Crippen LogP contribution in [0.1, 0.15) is 38.3 Å². The molecule has 0 aliphatic heterocycles. The highest BCUT2D eigenvalue weighted by Gasteiger charge is 2.18. The van der Waals surface area contributed by atoms with Crippen molar-refractivity contribution in [2.24, 2.45) is 5.73 Å². The predicted molar refractivity (Wildman–Crippen MR) is 73.4 cm³/mol. The lowest BCUT2D eigenvalue weighted by atomic mass is 9.93. The molecule has 3 N–H and O–H groups in total. The first-order chi connectivity index (χ1) is 7.83. The minimum Gasteiger partial charge on any atom is -0.326 e. The average Bonchev–Trinajstić information content (AvgIpc) is 2.22. The van der Waals surface area contributed by atoms with Crippen molar-refractivity contribution >= 4 is 15.9 Å². The monoisotopic (exact) mass is 302 g/mol. The van der Waals surface area contributed by atoms with E-state index in [4.69, 9.17) is 5.73 Å². The van der Waals surface area contributed by atoms with Crippen molar-refractivity contribution in [3.8, 4) is 0 Å². The van der Waals surface area contributed by atoms with Gasteiger partial charge in [-0.3, -0.25) is 0 Å². The Morgan fingerprint density at radius 3 is 2.65 bits per heavy atom. The van der Waals surface area contributed by atoms with Crippen molar-refractivity contribution in [1.82, 2.24) is 5.32 Å². The smallest absolute Gasteiger partial charge is 0.128 e. The van der Waals surface area contributed by atoms with Crippen LogP contribution in [0.5, 0.6) is 0 Å². The summed E-state index contributed by atoms with van der Waals surface area (Å²) in [4.78, 5) is 0. The van der Waals surface area contributed by atoms with E-state index >= 15 is 0 Å². The first-order valence-electron chi connectivity index (χ1n) is 5.74. The van der Waals surface area contributed by atoms with Gasteiger partial charge in [-0.25, -0.2) is 4.39 Å². The fourth-order valence-corrected chi connectivity index (χ4v) is 2.13. The molecule has 0 radical (unpaired) electrons. The largest absolute Gasteiger partial charge is 0.326 e. The van der Waals surface area contributed by atoms with Crippen molar-refractivity contribution in [3.63, 3.8) is 0 Å². The molecule has 96 valence electrons. The molecule has 0 spiro atoms. The lowest BCUT2D eigenvalue weighted by Crippen LogP contribution is -2.33. The number of hydrogen-bond donors (Lipinski definition) is 2. The molecule has 0 saturated heterocycles. The maximum Gasteiger partial charge on any atom is 0.128 e. The van der Waals surface area contributed by atoms with Crippen LogP contribution in [0.2, 0.25) is 0 Å². The summed E-state index contributed by atoms with van der Waals surface area (Å²) in [5.41, 5.74) is 6.42. The Labute approximate surface area is 111 Å². The van der Waals surface area contributed by atoms with E-state index in [1.807, 2.05) is 27.0 Å². The molecule has 0 saturated carbocycles. The Morgan fingerprint density at radius 2 is 2.12 bits per heavy atom. The molecule has 0 aliphatic carbocycles. The maximum atomic E-state index is 13.7. The van der Waals surface area contributed by atoms with E-state index < -0.39 is 0 Å². The minimum atomic E-state index is -0.225. The van der Waals surface area contributed by atoms with Crippen LogP contribution in [0, 0.1) is 5.82 Å². The van der Waals surface area contributed by atoms with Gasteiger partial charge in [0.15, 0.2) is 0 Å². The van der Waals surface area contributed by atoms with Gasteiger partial charge in [0.25, 0.3) is 0 Å². The molecule has 4 heteroatoms. The van der Waals surface area contributed by atoms with Crippen LogP contribution < -0.4 is 11.1 Å². The van der Waals surface area contributed by atoms with Gasteiger partial charge in [0, 0.05) is 21.6 Å². The summed E-state index contributed by atoms with van der Waals surface area (Å²) in [5.74, 6) is -0.178. The van der Waals surface area contributed by atoms with Crippen molar-refractivity contribution in [3.05, 3.63) is 34.1 Å². The van der Waals surface area contributed by atoms with E-state index in [1.54, 1.807) is 6.07 Å². The Morgan fingerprint density at radius 1 is 1.47 bits per heavy atom. The first-order valence-corrected chi connectivity index (χ1v) is 6.54. The molecule has 0 bridgehead atoms. The van der Waals surface area contributed by atoms with Gasteiger partial charge >= 0.3 is 0 Å². The van der Waals surface area contributed by atoms with Gasteiger partial charge in [-0.1, -0.05) is 15.9 Å². The van der Waals surface area contributed by atoms with Crippen LogP contribution in [0.4, 0.5) is 4.39 Å². The normalized spacial score (nSPS) is 13.8. The quantitative estimate of drug-likeness (QED) is 0.875. The molecule has 1 rings (SSSR count). The van der Waals surface area contributed by atoms with E-state index in [0.29, 0.717) is 5.56 Å². The second kappa shape index (κ2) is 5.94. The van der Waals surface area contributed by atoms with Crippen LogP contribution in [0.15, 0.2) is 22.7 Å². The molecule has 1 aromatic rings. The average molecular weight is 303 g/mol. The number of hydrogen-bond acceptors (Lipinski definition) is 2. The number of halogens is 2. The molecule has 1 aromatic carbocycles. The molecule has 0 aromatic heterocycles. The summed E-state index contributed by atoms with van der Waals surface area (Å²) in [6, 6.07) is 5.01. The summed E-state index contributed by atoms with van der Waals surface area (Å²) in [6.45, 7) is 3.97. The zero-order chi connectivity index (χ0) is 13.1. The highest BCUT2D eigenvalue weighted by atomic mass is 79.9. The van der Waals surface area contributed by atoms with E-state index in [0.717, 1.165) is 17.3 Å². The van der Waals surface area contributed by atoms with Gasteiger partial charge in [-0.05, 0) is 51.9 Å². The van der Waals surface area contributed by atoms with Crippen LogP contribution in [-0.4, -0.2) is 12.6 Å². The van der Waals surface area contributed by atoms with Gasteiger partial charge in [0.1, 0.15) is 5.82 Å². The second-order valence-corrected chi connectivity index (χ2v) is 5.95. The van der Waals surface area contributed by atoms with Gasteiger partial charge in [0.2, 0.25) is 0 Å². The van der Waals surface area contributed by atoms with E-state index in [-0.39, 0.29) is 17.4 Å². The van der Waals surface area contributed by atoms with E-state index in [2.05, 4.69) is 21.2 Å². The molecular formula is C13H20BrFN2. The molecule has 1 atom stereocenters. The molecule has 1 unspecified atom stereocenters. The summed E-state index contributed by atoms with van der Waals surface area (Å²) < 4.78 is 14.6. The van der Waals surface area contributed by atoms with Crippen molar-refractivity contribution in [2.75, 3.05) is 7.05 Å². The Bertz CT molecular complexity index is 374. The number of nitrogens with two attached hydrogens (primary N) is 1. The van der Waals surface area contributed by atoms with Crippen molar-refractivity contribution in [1.29, 1.82) is 0 Å². The van der Waals surface area contributed by atoms with Crippen LogP contribution in [0.3, 0.4) is 0 Å². The van der Waals surface area contributed by atoms with Gasteiger partial charge in [0.05, 0.1) is 0 Å². The molecule has 0 amide bonds. The highest BCUT2D eigenvalue weighted by Crippen LogP contribution is 2.26. The van der Waals surface area contributed by atoms with E-state index in [9.17, 15) is 4.39 Å².